The SMILES string of the molecule is Cc1cc(C)cc(O[C@H](C)C(=O)NCc2ccco2)c1. The number of carbonyl (C=O) groups is 1. The molecular weight excluding hydrogens is 254 g/mol. The standard InChI is InChI=1S/C16H19NO3/c1-11-7-12(2)9-15(8-11)20-13(3)16(18)17-10-14-5-4-6-19-14/h4-9,13H,10H2,1-3H3,(H,17,18)/t13-/m1/s1. The lowest BCUT2D eigenvalue weighted by molar-refractivity contribution is -0.127. The zero-order valence-corrected chi connectivity index (χ0v) is 12.0. The third-order valence-electron chi connectivity index (χ3n) is 2.89. The summed E-state index contributed by atoms with van der Waals surface area (Å²) >= 11 is 0. The maximum Gasteiger partial charge on any atom is 0.261 e. The Bertz CT molecular complexity index is 555. The lowest BCUT2D eigenvalue weighted by Crippen LogP contribution is -2.35. The number of amides is 1. The zero-order valence-electron chi connectivity index (χ0n) is 12.0. The number of nitrogens with one attached hydrogen (secondary N) is 1. The second-order valence-electron chi connectivity index (χ2n) is 4.88. The molecule has 1 amide bonds. The summed E-state index contributed by atoms with van der Waals surface area (Å²) in [5.74, 6) is 1.26. The maximum absolute atomic E-state index is 11.9. The van der Waals surface area contributed by atoms with Crippen molar-refractivity contribution in [1.82, 2.24) is 5.32 Å². The van der Waals surface area contributed by atoms with E-state index in [9.17, 15) is 4.79 Å². The highest BCUT2D eigenvalue weighted by molar-refractivity contribution is 5.80. The van der Waals surface area contributed by atoms with E-state index in [1.807, 2.05) is 32.0 Å². The molecule has 20 heavy (non-hydrogen) atoms. The Balaban J connectivity index is 1.90. The second kappa shape index (κ2) is 6.28. The van der Waals surface area contributed by atoms with E-state index in [2.05, 4.69) is 11.4 Å². The monoisotopic (exact) mass is 273 g/mol. The Labute approximate surface area is 118 Å². The number of hydrogen-bond acceptors (Lipinski definition) is 3. The van der Waals surface area contributed by atoms with Gasteiger partial charge < -0.3 is 14.5 Å². The molecule has 4 nitrogen and oxygen atoms in total. The number of ether oxygens (including phenoxy) is 1. The molecule has 0 fully saturated rings. The third-order valence-corrected chi connectivity index (χ3v) is 2.89. The molecule has 1 atom stereocenters. The minimum atomic E-state index is -0.550. The van der Waals surface area contributed by atoms with E-state index >= 15 is 0 Å². The first-order valence-electron chi connectivity index (χ1n) is 6.59. The van der Waals surface area contributed by atoms with Crippen LogP contribution in [0.2, 0.25) is 0 Å². The molecule has 1 aromatic carbocycles. The van der Waals surface area contributed by atoms with Crippen LogP contribution in [0.5, 0.6) is 5.75 Å². The van der Waals surface area contributed by atoms with Gasteiger partial charge in [0.05, 0.1) is 12.8 Å². The van der Waals surface area contributed by atoms with Gasteiger partial charge in [-0.2, -0.15) is 0 Å². The van der Waals surface area contributed by atoms with Gasteiger partial charge in [0, 0.05) is 0 Å². The molecule has 1 heterocycles. The van der Waals surface area contributed by atoms with E-state index < -0.39 is 6.10 Å². The first kappa shape index (κ1) is 14.2. The van der Waals surface area contributed by atoms with Crippen LogP contribution in [0, 0.1) is 13.8 Å². The predicted octanol–water partition coefficient (Wildman–Crippen LogP) is 2.98. The van der Waals surface area contributed by atoms with Crippen molar-refractivity contribution in [1.29, 1.82) is 0 Å². The molecular formula is C16H19NO3. The second-order valence-corrected chi connectivity index (χ2v) is 4.88. The first-order chi connectivity index (χ1) is 9.54. The van der Waals surface area contributed by atoms with E-state index in [0.29, 0.717) is 12.3 Å². The van der Waals surface area contributed by atoms with Crippen LogP contribution >= 0.6 is 0 Å². The number of hydrogen-bond donors (Lipinski definition) is 1. The highest BCUT2D eigenvalue weighted by Crippen LogP contribution is 2.17. The molecule has 0 aliphatic rings. The van der Waals surface area contributed by atoms with Gasteiger partial charge >= 0.3 is 0 Å². The quantitative estimate of drug-likeness (QED) is 0.911. The van der Waals surface area contributed by atoms with E-state index in [4.69, 9.17) is 9.15 Å². The van der Waals surface area contributed by atoms with Crippen LogP contribution in [0.15, 0.2) is 41.0 Å². The molecule has 0 saturated heterocycles. The van der Waals surface area contributed by atoms with E-state index in [0.717, 1.165) is 16.9 Å². The normalized spacial score (nSPS) is 11.9. The number of furan rings is 1. The number of rotatable bonds is 5. The largest absolute Gasteiger partial charge is 0.481 e. The maximum atomic E-state index is 11.9. The average molecular weight is 273 g/mol. The van der Waals surface area contributed by atoms with Crippen LogP contribution in [0.1, 0.15) is 23.8 Å². The molecule has 0 aliphatic heterocycles. The minimum absolute atomic E-state index is 0.166. The lowest BCUT2D eigenvalue weighted by atomic mass is 10.1. The van der Waals surface area contributed by atoms with Crippen molar-refractivity contribution in [2.24, 2.45) is 0 Å². The van der Waals surface area contributed by atoms with Gasteiger partial charge in [0.25, 0.3) is 5.91 Å². The fourth-order valence-electron chi connectivity index (χ4n) is 1.99. The molecule has 0 spiro atoms. The minimum Gasteiger partial charge on any atom is -0.481 e. The Morgan fingerprint density at radius 1 is 1.30 bits per heavy atom. The summed E-state index contributed by atoms with van der Waals surface area (Å²) in [6.07, 6.45) is 1.03. The molecule has 1 aromatic heterocycles. The van der Waals surface area contributed by atoms with Crippen molar-refractivity contribution in [2.45, 2.75) is 33.4 Å². The Morgan fingerprint density at radius 3 is 2.60 bits per heavy atom. The van der Waals surface area contributed by atoms with Crippen molar-refractivity contribution in [2.75, 3.05) is 0 Å². The summed E-state index contributed by atoms with van der Waals surface area (Å²) in [5, 5.41) is 2.78. The van der Waals surface area contributed by atoms with E-state index in [-0.39, 0.29) is 5.91 Å². The van der Waals surface area contributed by atoms with Crippen molar-refractivity contribution in [3.63, 3.8) is 0 Å². The van der Waals surface area contributed by atoms with Crippen molar-refractivity contribution in [3.8, 4) is 5.75 Å². The summed E-state index contributed by atoms with van der Waals surface area (Å²) < 4.78 is 10.8. The highest BCUT2D eigenvalue weighted by Gasteiger charge is 2.14. The Morgan fingerprint density at radius 2 is 2.00 bits per heavy atom. The van der Waals surface area contributed by atoms with Crippen LogP contribution in [0.25, 0.3) is 0 Å². The smallest absolute Gasteiger partial charge is 0.261 e. The first-order valence-corrected chi connectivity index (χ1v) is 6.59. The Hall–Kier alpha value is -2.23. The third kappa shape index (κ3) is 3.88. The average Bonchev–Trinajstić information content (AvgIpc) is 2.87. The molecule has 0 bridgehead atoms. The van der Waals surface area contributed by atoms with Gasteiger partial charge in [-0.15, -0.1) is 0 Å². The summed E-state index contributed by atoms with van der Waals surface area (Å²) in [4.78, 5) is 11.9. The molecule has 0 aliphatic carbocycles. The van der Waals surface area contributed by atoms with Crippen LogP contribution < -0.4 is 10.1 Å². The van der Waals surface area contributed by atoms with Crippen LogP contribution in [0.4, 0.5) is 0 Å². The molecule has 0 unspecified atom stereocenters. The topological polar surface area (TPSA) is 51.5 Å². The molecule has 0 saturated carbocycles. The van der Waals surface area contributed by atoms with Crippen LogP contribution in [-0.4, -0.2) is 12.0 Å². The van der Waals surface area contributed by atoms with Gasteiger partial charge in [-0.05, 0) is 56.2 Å². The summed E-state index contributed by atoms with van der Waals surface area (Å²) in [7, 11) is 0. The molecule has 0 radical (unpaired) electrons. The molecule has 2 rings (SSSR count). The number of carbonyl (C=O) groups excluding carboxylic acids is 1. The molecule has 2 aromatic rings. The van der Waals surface area contributed by atoms with E-state index in [1.165, 1.54) is 0 Å². The van der Waals surface area contributed by atoms with Gasteiger partial charge in [-0.25, -0.2) is 0 Å². The fourth-order valence-corrected chi connectivity index (χ4v) is 1.99. The van der Waals surface area contributed by atoms with Crippen LogP contribution in [-0.2, 0) is 11.3 Å². The van der Waals surface area contributed by atoms with Gasteiger partial charge in [-0.1, -0.05) is 6.07 Å². The van der Waals surface area contributed by atoms with Gasteiger partial charge in [0.2, 0.25) is 0 Å². The fraction of sp³-hybridized carbons (Fsp3) is 0.312. The van der Waals surface area contributed by atoms with Crippen LogP contribution in [0.3, 0.4) is 0 Å². The highest BCUT2D eigenvalue weighted by atomic mass is 16.5. The molecule has 106 valence electrons. The van der Waals surface area contributed by atoms with Crippen molar-refractivity contribution in [3.05, 3.63) is 53.5 Å². The summed E-state index contributed by atoms with van der Waals surface area (Å²) in [6.45, 7) is 6.10. The van der Waals surface area contributed by atoms with Crippen molar-refractivity contribution < 1.29 is 13.9 Å². The number of aryl methyl sites for hydroxylation is 2. The summed E-state index contributed by atoms with van der Waals surface area (Å²) in [6, 6.07) is 9.51. The zero-order chi connectivity index (χ0) is 14.5. The molecule has 1 N–H and O–H groups in total. The predicted molar refractivity (Wildman–Crippen MR) is 76.6 cm³/mol. The summed E-state index contributed by atoms with van der Waals surface area (Å²) in [5.41, 5.74) is 2.23. The van der Waals surface area contributed by atoms with E-state index in [1.54, 1.807) is 19.3 Å². The van der Waals surface area contributed by atoms with Gasteiger partial charge in [-0.3, -0.25) is 4.79 Å². The van der Waals surface area contributed by atoms with Crippen molar-refractivity contribution >= 4 is 5.91 Å². The van der Waals surface area contributed by atoms with Gasteiger partial charge in [0.1, 0.15) is 11.5 Å². The molecule has 4 heteroatoms. The van der Waals surface area contributed by atoms with Gasteiger partial charge in [0.15, 0.2) is 6.10 Å². The Kier molecular flexibility index (Phi) is 4.45. The number of benzene rings is 1. The lowest BCUT2D eigenvalue weighted by Gasteiger charge is -2.15.